The highest BCUT2D eigenvalue weighted by Crippen LogP contribution is 2.58. The maximum atomic E-state index is 13.1. The molecule has 5 nitrogen and oxygen atoms in total. The highest BCUT2D eigenvalue weighted by atomic mass is 16.5. The lowest BCUT2D eigenvalue weighted by Crippen LogP contribution is -2.51. The minimum atomic E-state index is -1.56. The average Bonchev–Trinajstić information content (AvgIpc) is 2.86. The van der Waals surface area contributed by atoms with Gasteiger partial charge < -0.3 is 19.5 Å². The van der Waals surface area contributed by atoms with Gasteiger partial charge in [-0.3, -0.25) is 4.79 Å². The van der Waals surface area contributed by atoms with E-state index in [0.717, 1.165) is 30.4 Å². The molecule has 132 valence electrons. The summed E-state index contributed by atoms with van der Waals surface area (Å²) in [7, 11) is 3.24. The van der Waals surface area contributed by atoms with Crippen LogP contribution in [0.15, 0.2) is 36.9 Å². The molecule has 3 atom stereocenters. The predicted octanol–water partition coefficient (Wildman–Crippen LogP) is 2.18. The number of amides is 1. The summed E-state index contributed by atoms with van der Waals surface area (Å²) < 4.78 is 10.9. The van der Waals surface area contributed by atoms with E-state index in [1.807, 2.05) is 23.1 Å². The molecule has 0 radical (unpaired) electrons. The standard InChI is InChI=1S/C20H23NO4/c1-4-20(23)17-7-5-6-9-19(17)14-12-16(25-3)15(24-2)11-13(14)8-10-21(19)18(20)22/h4-5,7,11-12,17,23H,1,6,8-10H2,2-3H3/t17-,19-,20+/m1/s1. The number of carbonyl (C=O) groups excluding carboxylic acids is 1. The van der Waals surface area contributed by atoms with Crippen molar-refractivity contribution in [1.29, 1.82) is 0 Å². The van der Waals surface area contributed by atoms with Crippen LogP contribution in [0.5, 0.6) is 11.5 Å². The number of methoxy groups -OCH3 is 2. The van der Waals surface area contributed by atoms with E-state index in [4.69, 9.17) is 9.47 Å². The van der Waals surface area contributed by atoms with Gasteiger partial charge in [-0.05, 0) is 42.5 Å². The highest BCUT2D eigenvalue weighted by molar-refractivity contribution is 5.92. The van der Waals surface area contributed by atoms with Crippen LogP contribution in [-0.2, 0) is 16.8 Å². The van der Waals surface area contributed by atoms with Crippen molar-refractivity contribution in [2.75, 3.05) is 20.8 Å². The van der Waals surface area contributed by atoms with Gasteiger partial charge in [-0.25, -0.2) is 0 Å². The molecule has 1 aromatic rings. The van der Waals surface area contributed by atoms with Crippen LogP contribution in [0.2, 0.25) is 0 Å². The monoisotopic (exact) mass is 341 g/mol. The number of hydrogen-bond acceptors (Lipinski definition) is 4. The van der Waals surface area contributed by atoms with E-state index in [9.17, 15) is 9.90 Å². The lowest BCUT2D eigenvalue weighted by atomic mass is 9.66. The van der Waals surface area contributed by atoms with Crippen molar-refractivity contribution in [1.82, 2.24) is 4.90 Å². The van der Waals surface area contributed by atoms with E-state index in [1.54, 1.807) is 14.2 Å². The second kappa shape index (κ2) is 5.36. The van der Waals surface area contributed by atoms with Crippen LogP contribution in [0.4, 0.5) is 0 Å². The van der Waals surface area contributed by atoms with Gasteiger partial charge in [0.25, 0.3) is 5.91 Å². The van der Waals surface area contributed by atoms with Gasteiger partial charge in [0.15, 0.2) is 17.1 Å². The quantitative estimate of drug-likeness (QED) is 0.856. The van der Waals surface area contributed by atoms with Crippen molar-refractivity contribution in [3.05, 3.63) is 48.1 Å². The van der Waals surface area contributed by atoms with E-state index in [1.165, 1.54) is 6.08 Å². The van der Waals surface area contributed by atoms with Crippen LogP contribution in [0.25, 0.3) is 0 Å². The molecule has 1 fully saturated rings. The van der Waals surface area contributed by atoms with Crippen LogP contribution in [0.3, 0.4) is 0 Å². The Kier molecular flexibility index (Phi) is 3.48. The Bertz CT molecular complexity index is 786. The van der Waals surface area contributed by atoms with Crippen LogP contribution in [-0.4, -0.2) is 42.3 Å². The third-order valence-electron chi connectivity index (χ3n) is 6.07. The number of fused-ring (bicyclic) bond motifs is 1. The fourth-order valence-electron chi connectivity index (χ4n) is 4.92. The number of hydrogen-bond donors (Lipinski definition) is 1. The SMILES string of the molecule is C=C[C@@]1(O)C(=O)N2CCc3cc(OC)c(OC)cc3[C@@]23CCC=C[C@@H]13. The second-order valence-electron chi connectivity index (χ2n) is 6.97. The number of benzene rings is 1. The first kappa shape index (κ1) is 16.2. The number of ether oxygens (including phenoxy) is 2. The number of carbonyl (C=O) groups is 1. The first-order valence-corrected chi connectivity index (χ1v) is 8.63. The van der Waals surface area contributed by atoms with Gasteiger partial charge in [0.2, 0.25) is 0 Å². The van der Waals surface area contributed by atoms with Crippen LogP contribution < -0.4 is 9.47 Å². The van der Waals surface area contributed by atoms with Gasteiger partial charge in [0, 0.05) is 12.5 Å². The summed E-state index contributed by atoms with van der Waals surface area (Å²) in [6.07, 6.45) is 7.80. The van der Waals surface area contributed by atoms with Gasteiger partial charge in [-0.2, -0.15) is 0 Å². The Balaban J connectivity index is 1.99. The normalized spacial score (nSPS) is 32.7. The topological polar surface area (TPSA) is 59.0 Å². The summed E-state index contributed by atoms with van der Waals surface area (Å²) in [5.41, 5.74) is 0.0836. The van der Waals surface area contributed by atoms with E-state index < -0.39 is 11.1 Å². The summed E-state index contributed by atoms with van der Waals surface area (Å²) in [4.78, 5) is 14.9. The largest absolute Gasteiger partial charge is 0.493 e. The predicted molar refractivity (Wildman–Crippen MR) is 93.7 cm³/mol. The second-order valence-corrected chi connectivity index (χ2v) is 6.97. The molecule has 1 aromatic carbocycles. The molecule has 1 amide bonds. The Morgan fingerprint density at radius 3 is 2.72 bits per heavy atom. The van der Waals surface area contributed by atoms with Crippen molar-refractivity contribution in [2.24, 2.45) is 5.92 Å². The van der Waals surface area contributed by atoms with Crippen LogP contribution in [0.1, 0.15) is 24.0 Å². The molecule has 1 saturated heterocycles. The lowest BCUT2D eigenvalue weighted by Gasteiger charge is -2.48. The third-order valence-corrected chi connectivity index (χ3v) is 6.07. The molecule has 0 unspecified atom stereocenters. The number of allylic oxidation sites excluding steroid dienone is 1. The summed E-state index contributed by atoms with van der Waals surface area (Å²) in [5, 5.41) is 11.1. The molecule has 3 aliphatic rings. The van der Waals surface area contributed by atoms with Gasteiger partial charge in [0.05, 0.1) is 19.8 Å². The van der Waals surface area contributed by atoms with Gasteiger partial charge in [-0.1, -0.05) is 24.8 Å². The molecular weight excluding hydrogens is 318 g/mol. The van der Waals surface area contributed by atoms with Crippen molar-refractivity contribution >= 4 is 5.91 Å². The third kappa shape index (κ3) is 1.84. The molecule has 2 heterocycles. The zero-order valence-corrected chi connectivity index (χ0v) is 14.6. The molecule has 0 bridgehead atoms. The zero-order valence-electron chi connectivity index (χ0n) is 14.6. The summed E-state index contributed by atoms with van der Waals surface area (Å²) in [6, 6.07) is 3.99. The number of rotatable bonds is 3. The maximum absolute atomic E-state index is 13.1. The molecular formula is C20H23NO4. The van der Waals surface area contributed by atoms with Crippen LogP contribution >= 0.6 is 0 Å². The molecule has 0 aromatic heterocycles. The molecule has 1 spiro atoms. The van der Waals surface area contributed by atoms with Gasteiger partial charge in [0.1, 0.15) is 0 Å². The maximum Gasteiger partial charge on any atom is 0.260 e. The first-order chi connectivity index (χ1) is 12.0. The summed E-state index contributed by atoms with van der Waals surface area (Å²) >= 11 is 0. The average molecular weight is 341 g/mol. The number of aliphatic hydroxyl groups is 1. The summed E-state index contributed by atoms with van der Waals surface area (Å²) in [5.74, 6) is 0.736. The Morgan fingerprint density at radius 2 is 2.04 bits per heavy atom. The van der Waals surface area contributed by atoms with Gasteiger partial charge in [-0.15, -0.1) is 0 Å². The highest BCUT2D eigenvalue weighted by Gasteiger charge is 2.66. The fourth-order valence-corrected chi connectivity index (χ4v) is 4.92. The summed E-state index contributed by atoms with van der Waals surface area (Å²) in [6.45, 7) is 4.34. The smallest absolute Gasteiger partial charge is 0.260 e. The van der Waals surface area contributed by atoms with E-state index in [0.29, 0.717) is 18.0 Å². The molecule has 4 rings (SSSR count). The first-order valence-electron chi connectivity index (χ1n) is 8.63. The Morgan fingerprint density at radius 1 is 1.32 bits per heavy atom. The van der Waals surface area contributed by atoms with E-state index >= 15 is 0 Å². The fraction of sp³-hybridized carbons (Fsp3) is 0.450. The van der Waals surface area contributed by atoms with E-state index in [2.05, 4.69) is 12.7 Å². The molecule has 1 N–H and O–H groups in total. The minimum Gasteiger partial charge on any atom is -0.493 e. The zero-order chi connectivity index (χ0) is 17.8. The molecule has 25 heavy (non-hydrogen) atoms. The number of nitrogens with zero attached hydrogens (tertiary/aromatic N) is 1. The molecule has 2 aliphatic heterocycles. The van der Waals surface area contributed by atoms with Crippen molar-refractivity contribution in [3.8, 4) is 11.5 Å². The van der Waals surface area contributed by atoms with Crippen molar-refractivity contribution in [2.45, 2.75) is 30.4 Å². The Labute approximate surface area is 147 Å². The van der Waals surface area contributed by atoms with Crippen molar-refractivity contribution < 1.29 is 19.4 Å². The van der Waals surface area contributed by atoms with Gasteiger partial charge >= 0.3 is 0 Å². The van der Waals surface area contributed by atoms with Crippen LogP contribution in [0, 0.1) is 5.92 Å². The van der Waals surface area contributed by atoms with Crippen molar-refractivity contribution in [3.63, 3.8) is 0 Å². The minimum absolute atomic E-state index is 0.250. The Hall–Kier alpha value is -2.27. The van der Waals surface area contributed by atoms with E-state index in [-0.39, 0.29) is 11.8 Å². The lowest BCUT2D eigenvalue weighted by molar-refractivity contribution is -0.142. The molecule has 0 saturated carbocycles. The molecule has 5 heteroatoms. The molecule has 1 aliphatic carbocycles.